The zero-order valence-electron chi connectivity index (χ0n) is 11.3. The van der Waals surface area contributed by atoms with Crippen molar-refractivity contribution in [1.29, 1.82) is 0 Å². The highest BCUT2D eigenvalue weighted by atomic mass is 79.9. The predicted molar refractivity (Wildman–Crippen MR) is 84.0 cm³/mol. The predicted octanol–water partition coefficient (Wildman–Crippen LogP) is 4.22. The number of methoxy groups -OCH3 is 1. The Bertz CT molecular complexity index is 593. The fraction of sp³-hybridized carbons (Fsp3) is 0.400. The summed E-state index contributed by atoms with van der Waals surface area (Å²) in [6.45, 7) is 1.47. The molecule has 0 amide bonds. The van der Waals surface area contributed by atoms with Crippen molar-refractivity contribution >= 4 is 27.3 Å². The molecule has 1 fully saturated rings. The summed E-state index contributed by atoms with van der Waals surface area (Å²) in [5.41, 5.74) is 1.86. The van der Waals surface area contributed by atoms with Gasteiger partial charge in [-0.05, 0) is 12.1 Å². The van der Waals surface area contributed by atoms with Gasteiger partial charge in [-0.2, -0.15) is 0 Å². The molecule has 5 heteroatoms. The van der Waals surface area contributed by atoms with Gasteiger partial charge in [0, 0.05) is 48.6 Å². The Labute approximate surface area is 131 Å². The first-order valence-electron chi connectivity index (χ1n) is 6.58. The molecular weight excluding hydrogens is 338 g/mol. The van der Waals surface area contributed by atoms with Gasteiger partial charge in [-0.3, -0.25) is 0 Å². The molecule has 1 aromatic carbocycles. The molecule has 0 aliphatic carbocycles. The van der Waals surface area contributed by atoms with Gasteiger partial charge in [0.1, 0.15) is 10.6 Å². The maximum atomic E-state index is 5.80. The molecule has 0 N–H and O–H groups in total. The quantitative estimate of drug-likeness (QED) is 0.827. The first kappa shape index (κ1) is 14.2. The van der Waals surface area contributed by atoms with Gasteiger partial charge < -0.3 is 9.47 Å². The van der Waals surface area contributed by atoms with Crippen LogP contribution < -0.4 is 0 Å². The average Bonchev–Trinajstić information content (AvgIpc) is 2.98. The molecule has 1 aliphatic heterocycles. The van der Waals surface area contributed by atoms with Crippen LogP contribution in [0.4, 0.5) is 0 Å². The standard InChI is InChI=1S/C15H16BrNO2S/c1-18-15(5-7-19-8-6-15)14-17-13(10-20-14)11-3-2-4-12(16)9-11/h2-4,9-10H,5-8H2,1H3. The zero-order valence-corrected chi connectivity index (χ0v) is 13.7. The van der Waals surface area contributed by atoms with Gasteiger partial charge in [-0.25, -0.2) is 4.98 Å². The van der Waals surface area contributed by atoms with E-state index in [1.807, 2.05) is 12.1 Å². The molecule has 0 spiro atoms. The summed E-state index contributed by atoms with van der Waals surface area (Å²) in [7, 11) is 1.77. The average molecular weight is 354 g/mol. The fourth-order valence-electron chi connectivity index (χ4n) is 2.47. The molecule has 0 bridgehead atoms. The van der Waals surface area contributed by atoms with Crippen LogP contribution in [0.3, 0.4) is 0 Å². The molecule has 1 saturated heterocycles. The van der Waals surface area contributed by atoms with E-state index in [4.69, 9.17) is 14.5 Å². The van der Waals surface area contributed by atoms with Crippen LogP contribution in [0.1, 0.15) is 17.8 Å². The highest BCUT2D eigenvalue weighted by Gasteiger charge is 2.37. The zero-order chi connectivity index (χ0) is 14.0. The Morgan fingerprint density at radius 2 is 2.15 bits per heavy atom. The molecule has 0 radical (unpaired) electrons. The molecule has 2 heterocycles. The van der Waals surface area contributed by atoms with E-state index >= 15 is 0 Å². The van der Waals surface area contributed by atoms with E-state index in [1.165, 1.54) is 0 Å². The number of hydrogen-bond acceptors (Lipinski definition) is 4. The van der Waals surface area contributed by atoms with E-state index in [0.29, 0.717) is 0 Å². The smallest absolute Gasteiger partial charge is 0.125 e. The summed E-state index contributed by atoms with van der Waals surface area (Å²) in [5.74, 6) is 0. The van der Waals surface area contributed by atoms with Gasteiger partial charge in [0.15, 0.2) is 0 Å². The topological polar surface area (TPSA) is 31.4 Å². The third-order valence-corrected chi connectivity index (χ3v) is 5.23. The van der Waals surface area contributed by atoms with Crippen molar-refractivity contribution in [3.05, 3.63) is 39.1 Å². The van der Waals surface area contributed by atoms with Crippen LogP contribution in [0.15, 0.2) is 34.1 Å². The molecule has 0 saturated carbocycles. The van der Waals surface area contributed by atoms with Gasteiger partial charge in [0.05, 0.1) is 5.69 Å². The molecule has 3 rings (SSSR count). The van der Waals surface area contributed by atoms with Crippen LogP contribution in [0.2, 0.25) is 0 Å². The molecule has 1 aromatic heterocycles. The van der Waals surface area contributed by atoms with Gasteiger partial charge in [-0.1, -0.05) is 28.1 Å². The molecule has 1 aliphatic rings. The summed E-state index contributed by atoms with van der Waals surface area (Å²) < 4.78 is 12.3. The van der Waals surface area contributed by atoms with Crippen LogP contribution in [0.25, 0.3) is 11.3 Å². The number of aromatic nitrogens is 1. The Balaban J connectivity index is 1.93. The number of halogens is 1. The first-order chi connectivity index (χ1) is 9.73. The minimum Gasteiger partial charge on any atom is -0.381 e. The summed E-state index contributed by atoms with van der Waals surface area (Å²) in [5, 5.41) is 3.16. The molecule has 0 atom stereocenters. The van der Waals surface area contributed by atoms with Gasteiger partial charge in [0.25, 0.3) is 0 Å². The van der Waals surface area contributed by atoms with E-state index in [1.54, 1.807) is 18.4 Å². The van der Waals surface area contributed by atoms with Crippen molar-refractivity contribution in [3.8, 4) is 11.3 Å². The Morgan fingerprint density at radius 3 is 2.85 bits per heavy atom. The third-order valence-electron chi connectivity index (χ3n) is 3.71. The van der Waals surface area contributed by atoms with Crippen LogP contribution >= 0.6 is 27.3 Å². The second-order valence-corrected chi connectivity index (χ2v) is 6.63. The lowest BCUT2D eigenvalue weighted by atomic mass is 9.95. The second-order valence-electron chi connectivity index (χ2n) is 4.86. The first-order valence-corrected chi connectivity index (χ1v) is 8.26. The lowest BCUT2D eigenvalue weighted by Gasteiger charge is -2.33. The maximum Gasteiger partial charge on any atom is 0.125 e. The SMILES string of the molecule is COC1(c2nc(-c3cccc(Br)c3)cs2)CCOCC1. The van der Waals surface area contributed by atoms with Gasteiger partial charge in [-0.15, -0.1) is 11.3 Å². The third kappa shape index (κ3) is 2.68. The Hall–Kier alpha value is -0.750. The van der Waals surface area contributed by atoms with Crippen molar-refractivity contribution in [3.63, 3.8) is 0 Å². The maximum absolute atomic E-state index is 5.80. The van der Waals surface area contributed by atoms with Crippen LogP contribution in [0, 0.1) is 0 Å². The highest BCUT2D eigenvalue weighted by Crippen LogP contribution is 2.38. The number of ether oxygens (including phenoxy) is 2. The molecule has 0 unspecified atom stereocenters. The lowest BCUT2D eigenvalue weighted by Crippen LogP contribution is -2.35. The van der Waals surface area contributed by atoms with Gasteiger partial charge >= 0.3 is 0 Å². The summed E-state index contributed by atoms with van der Waals surface area (Å²) in [6.07, 6.45) is 1.74. The van der Waals surface area contributed by atoms with Crippen molar-refractivity contribution in [2.24, 2.45) is 0 Å². The lowest BCUT2D eigenvalue weighted by molar-refractivity contribution is -0.0947. The molecule has 106 valence electrons. The minimum absolute atomic E-state index is 0.271. The van der Waals surface area contributed by atoms with E-state index < -0.39 is 0 Å². The Morgan fingerprint density at radius 1 is 1.35 bits per heavy atom. The molecular formula is C15H16BrNO2S. The molecule has 3 nitrogen and oxygen atoms in total. The fourth-order valence-corrected chi connectivity index (χ4v) is 3.93. The number of rotatable bonds is 3. The van der Waals surface area contributed by atoms with E-state index in [2.05, 4.69) is 33.4 Å². The monoisotopic (exact) mass is 353 g/mol. The van der Waals surface area contributed by atoms with Crippen LogP contribution in [-0.4, -0.2) is 25.3 Å². The van der Waals surface area contributed by atoms with Crippen LogP contribution in [0.5, 0.6) is 0 Å². The number of hydrogen-bond donors (Lipinski definition) is 0. The summed E-state index contributed by atoms with van der Waals surface area (Å²) in [6, 6.07) is 8.21. The van der Waals surface area contributed by atoms with Crippen molar-refractivity contribution < 1.29 is 9.47 Å². The largest absolute Gasteiger partial charge is 0.381 e. The van der Waals surface area contributed by atoms with Crippen molar-refractivity contribution in [2.75, 3.05) is 20.3 Å². The van der Waals surface area contributed by atoms with E-state index in [-0.39, 0.29) is 5.60 Å². The van der Waals surface area contributed by atoms with E-state index in [0.717, 1.165) is 46.8 Å². The second kappa shape index (κ2) is 5.93. The number of nitrogens with zero attached hydrogens (tertiary/aromatic N) is 1. The number of benzene rings is 1. The van der Waals surface area contributed by atoms with Gasteiger partial charge in [0.2, 0.25) is 0 Å². The summed E-state index contributed by atoms with van der Waals surface area (Å²) in [4.78, 5) is 4.81. The normalized spacial score (nSPS) is 18.1. The highest BCUT2D eigenvalue weighted by molar-refractivity contribution is 9.10. The van der Waals surface area contributed by atoms with Crippen LogP contribution in [-0.2, 0) is 15.1 Å². The summed E-state index contributed by atoms with van der Waals surface area (Å²) >= 11 is 5.17. The van der Waals surface area contributed by atoms with Crippen molar-refractivity contribution in [1.82, 2.24) is 4.98 Å². The Kier molecular flexibility index (Phi) is 4.21. The molecule has 20 heavy (non-hydrogen) atoms. The van der Waals surface area contributed by atoms with Crippen molar-refractivity contribution in [2.45, 2.75) is 18.4 Å². The minimum atomic E-state index is -0.271. The number of thiazole rings is 1. The molecule has 2 aromatic rings. The van der Waals surface area contributed by atoms with E-state index in [9.17, 15) is 0 Å².